The molecule has 102 valence electrons. The average molecular weight is 265 g/mol. The van der Waals surface area contributed by atoms with E-state index in [-0.39, 0.29) is 36.2 Å². The van der Waals surface area contributed by atoms with Gasteiger partial charge in [0.05, 0.1) is 12.8 Å². The molecule has 0 saturated carbocycles. The van der Waals surface area contributed by atoms with Crippen LogP contribution in [0.2, 0.25) is 0 Å². The zero-order chi connectivity index (χ0) is 14.0. The van der Waals surface area contributed by atoms with Gasteiger partial charge in [-0.1, -0.05) is 6.07 Å². The quantitative estimate of drug-likeness (QED) is 0.838. The molecule has 1 amide bonds. The lowest BCUT2D eigenvalue weighted by molar-refractivity contribution is -0.117. The van der Waals surface area contributed by atoms with Crippen molar-refractivity contribution < 1.29 is 24.5 Å². The monoisotopic (exact) mass is 265 g/mol. The summed E-state index contributed by atoms with van der Waals surface area (Å²) in [7, 11) is 1.38. The lowest BCUT2D eigenvalue weighted by atomic mass is 10.1. The minimum Gasteiger partial charge on any atom is -0.496 e. The second-order valence-corrected chi connectivity index (χ2v) is 4.42. The molecular weight excluding hydrogens is 250 g/mol. The molecule has 2 N–H and O–H groups in total. The van der Waals surface area contributed by atoms with Crippen LogP contribution in [0.3, 0.4) is 0 Å². The molecule has 2 rings (SSSR count). The van der Waals surface area contributed by atoms with Crippen molar-refractivity contribution in [1.29, 1.82) is 0 Å². The number of amides is 1. The molecule has 1 heterocycles. The van der Waals surface area contributed by atoms with Crippen molar-refractivity contribution in [3.05, 3.63) is 23.8 Å². The zero-order valence-corrected chi connectivity index (χ0v) is 10.5. The number of hydrogen-bond acceptors (Lipinski definition) is 4. The summed E-state index contributed by atoms with van der Waals surface area (Å²) in [6.45, 7) is 0.234. The third-order valence-corrected chi connectivity index (χ3v) is 3.19. The highest BCUT2D eigenvalue weighted by Crippen LogP contribution is 2.33. The molecule has 1 aromatic rings. The number of aromatic carboxylic acids is 1. The molecule has 1 fully saturated rings. The summed E-state index contributed by atoms with van der Waals surface area (Å²) in [6.07, 6.45) is 0.229. The summed E-state index contributed by atoms with van der Waals surface area (Å²) in [4.78, 5) is 24.6. The number of aliphatic hydroxyl groups is 1. The predicted molar refractivity (Wildman–Crippen MR) is 67.5 cm³/mol. The number of methoxy groups -OCH3 is 1. The molecule has 1 unspecified atom stereocenters. The van der Waals surface area contributed by atoms with Gasteiger partial charge in [0.2, 0.25) is 5.91 Å². The topological polar surface area (TPSA) is 87.1 Å². The van der Waals surface area contributed by atoms with E-state index in [4.69, 9.17) is 9.84 Å². The number of carboxylic acid groups (broad SMARTS) is 1. The van der Waals surface area contributed by atoms with Crippen molar-refractivity contribution in [1.82, 2.24) is 0 Å². The first-order chi connectivity index (χ1) is 9.08. The Kier molecular flexibility index (Phi) is 3.71. The van der Waals surface area contributed by atoms with Crippen LogP contribution < -0.4 is 9.64 Å². The molecule has 0 aliphatic carbocycles. The van der Waals surface area contributed by atoms with Crippen molar-refractivity contribution in [2.45, 2.75) is 6.42 Å². The highest BCUT2D eigenvalue weighted by atomic mass is 16.5. The number of carboxylic acids is 1. The fourth-order valence-electron chi connectivity index (χ4n) is 2.27. The van der Waals surface area contributed by atoms with E-state index < -0.39 is 5.97 Å². The molecule has 0 spiro atoms. The number of anilines is 1. The fraction of sp³-hybridized carbons (Fsp3) is 0.385. The van der Waals surface area contributed by atoms with Gasteiger partial charge in [0.25, 0.3) is 0 Å². The van der Waals surface area contributed by atoms with E-state index in [1.165, 1.54) is 18.1 Å². The average Bonchev–Trinajstić information content (AvgIpc) is 2.78. The van der Waals surface area contributed by atoms with E-state index in [0.717, 1.165) is 0 Å². The SMILES string of the molecule is COc1cccc(N2CC(CO)CC2=O)c1C(=O)O. The molecule has 6 heteroatoms. The maximum Gasteiger partial charge on any atom is 0.341 e. The number of ether oxygens (including phenoxy) is 1. The van der Waals surface area contributed by atoms with E-state index >= 15 is 0 Å². The highest BCUT2D eigenvalue weighted by molar-refractivity contribution is 6.04. The first-order valence-corrected chi connectivity index (χ1v) is 5.90. The van der Waals surface area contributed by atoms with Crippen LogP contribution in [-0.4, -0.2) is 42.4 Å². The van der Waals surface area contributed by atoms with Gasteiger partial charge in [-0.25, -0.2) is 4.79 Å². The lowest BCUT2D eigenvalue weighted by Gasteiger charge is -2.20. The van der Waals surface area contributed by atoms with Gasteiger partial charge in [-0.15, -0.1) is 0 Å². The Balaban J connectivity index is 2.45. The molecule has 1 saturated heterocycles. The van der Waals surface area contributed by atoms with Gasteiger partial charge < -0.3 is 19.8 Å². The van der Waals surface area contributed by atoms with Crippen molar-refractivity contribution in [3.8, 4) is 5.75 Å². The number of nitrogens with zero attached hydrogens (tertiary/aromatic N) is 1. The molecule has 6 nitrogen and oxygen atoms in total. The van der Waals surface area contributed by atoms with Gasteiger partial charge in [-0.2, -0.15) is 0 Å². The first kappa shape index (κ1) is 13.4. The second kappa shape index (κ2) is 5.27. The van der Waals surface area contributed by atoms with Crippen LogP contribution in [0, 0.1) is 5.92 Å². The number of aliphatic hydroxyl groups excluding tert-OH is 1. The fourth-order valence-corrected chi connectivity index (χ4v) is 2.27. The molecule has 1 aromatic carbocycles. The van der Waals surface area contributed by atoms with Crippen LogP contribution in [0.5, 0.6) is 5.75 Å². The Morgan fingerprint density at radius 2 is 2.26 bits per heavy atom. The van der Waals surface area contributed by atoms with Crippen LogP contribution in [0.15, 0.2) is 18.2 Å². The minimum atomic E-state index is -1.15. The number of carbonyl (C=O) groups excluding carboxylic acids is 1. The molecule has 1 aliphatic rings. The summed E-state index contributed by atoms with van der Waals surface area (Å²) in [5.74, 6) is -1.27. The molecule has 0 radical (unpaired) electrons. The van der Waals surface area contributed by atoms with Crippen molar-refractivity contribution >= 4 is 17.6 Å². The van der Waals surface area contributed by atoms with Crippen LogP contribution in [0.1, 0.15) is 16.8 Å². The van der Waals surface area contributed by atoms with Gasteiger partial charge in [0.1, 0.15) is 11.3 Å². The Labute approximate surface area is 110 Å². The number of rotatable bonds is 4. The van der Waals surface area contributed by atoms with Crippen LogP contribution >= 0.6 is 0 Å². The van der Waals surface area contributed by atoms with Crippen molar-refractivity contribution in [2.75, 3.05) is 25.2 Å². The summed E-state index contributed by atoms with van der Waals surface area (Å²) < 4.78 is 5.03. The van der Waals surface area contributed by atoms with Gasteiger partial charge in [0.15, 0.2) is 0 Å². The van der Waals surface area contributed by atoms with Crippen LogP contribution in [-0.2, 0) is 4.79 Å². The third kappa shape index (κ3) is 2.39. The Morgan fingerprint density at radius 1 is 1.53 bits per heavy atom. The predicted octanol–water partition coefficient (Wildman–Crippen LogP) is 0.739. The number of hydrogen-bond donors (Lipinski definition) is 2. The van der Waals surface area contributed by atoms with Gasteiger partial charge in [-0.3, -0.25) is 4.79 Å². The molecule has 0 bridgehead atoms. The van der Waals surface area contributed by atoms with Crippen molar-refractivity contribution in [3.63, 3.8) is 0 Å². The van der Waals surface area contributed by atoms with E-state index in [0.29, 0.717) is 12.2 Å². The third-order valence-electron chi connectivity index (χ3n) is 3.19. The lowest BCUT2D eigenvalue weighted by Crippen LogP contribution is -2.27. The molecule has 1 aliphatic heterocycles. The smallest absolute Gasteiger partial charge is 0.341 e. The Bertz CT molecular complexity index is 514. The highest BCUT2D eigenvalue weighted by Gasteiger charge is 2.33. The molecule has 1 atom stereocenters. The summed E-state index contributed by atoms with van der Waals surface area (Å²) in [5, 5.41) is 18.4. The van der Waals surface area contributed by atoms with Gasteiger partial charge >= 0.3 is 5.97 Å². The maximum absolute atomic E-state index is 11.9. The molecule has 0 aromatic heterocycles. The largest absolute Gasteiger partial charge is 0.496 e. The normalized spacial score (nSPS) is 18.7. The maximum atomic E-state index is 11.9. The van der Waals surface area contributed by atoms with Crippen molar-refractivity contribution in [2.24, 2.45) is 5.92 Å². The minimum absolute atomic E-state index is 0.0306. The van der Waals surface area contributed by atoms with E-state index in [1.807, 2.05) is 0 Å². The van der Waals surface area contributed by atoms with E-state index in [2.05, 4.69) is 0 Å². The zero-order valence-electron chi connectivity index (χ0n) is 10.5. The number of carbonyl (C=O) groups is 2. The van der Waals surface area contributed by atoms with Gasteiger partial charge in [0, 0.05) is 25.5 Å². The summed E-state index contributed by atoms with van der Waals surface area (Å²) in [5.41, 5.74) is 0.282. The second-order valence-electron chi connectivity index (χ2n) is 4.42. The summed E-state index contributed by atoms with van der Waals surface area (Å²) >= 11 is 0. The first-order valence-electron chi connectivity index (χ1n) is 5.90. The molecular formula is C13H15NO5. The van der Waals surface area contributed by atoms with Crippen LogP contribution in [0.4, 0.5) is 5.69 Å². The standard InChI is InChI=1S/C13H15NO5/c1-19-10-4-2-3-9(12(10)13(17)18)14-6-8(7-15)5-11(14)16/h2-4,8,15H,5-7H2,1H3,(H,17,18). The Hall–Kier alpha value is -2.08. The Morgan fingerprint density at radius 3 is 2.79 bits per heavy atom. The van der Waals surface area contributed by atoms with Crippen LogP contribution in [0.25, 0.3) is 0 Å². The summed E-state index contributed by atoms with van der Waals surface area (Å²) in [6, 6.07) is 4.75. The number of benzene rings is 1. The molecule has 19 heavy (non-hydrogen) atoms. The van der Waals surface area contributed by atoms with E-state index in [1.54, 1.807) is 12.1 Å². The van der Waals surface area contributed by atoms with E-state index in [9.17, 15) is 14.7 Å². The van der Waals surface area contributed by atoms with Gasteiger partial charge in [-0.05, 0) is 12.1 Å².